The predicted octanol–water partition coefficient (Wildman–Crippen LogP) is 4.31. The summed E-state index contributed by atoms with van der Waals surface area (Å²) < 4.78 is 0. The van der Waals surface area contributed by atoms with Crippen molar-refractivity contribution in [1.29, 1.82) is 0 Å². The molecule has 6 heteroatoms. The molecule has 1 atom stereocenters. The van der Waals surface area contributed by atoms with Crippen LogP contribution in [-0.4, -0.2) is 61.0 Å². The first-order chi connectivity index (χ1) is 15.7. The average Bonchev–Trinajstić information content (AvgIpc) is 3.36. The summed E-state index contributed by atoms with van der Waals surface area (Å²) in [6.07, 6.45) is 5.56. The van der Waals surface area contributed by atoms with Gasteiger partial charge in [-0.15, -0.1) is 0 Å². The number of hydrogen-bond acceptors (Lipinski definition) is 3. The van der Waals surface area contributed by atoms with E-state index in [2.05, 4.69) is 21.6 Å². The van der Waals surface area contributed by atoms with Crippen LogP contribution in [-0.2, 0) is 0 Å². The molecule has 4 rings (SSSR count). The van der Waals surface area contributed by atoms with Crippen molar-refractivity contribution < 1.29 is 9.59 Å². The Morgan fingerprint density at radius 2 is 1.75 bits per heavy atom. The molecule has 2 aliphatic heterocycles. The minimum Gasteiger partial charge on any atom is -0.352 e. The van der Waals surface area contributed by atoms with E-state index in [9.17, 15) is 9.59 Å². The van der Waals surface area contributed by atoms with Gasteiger partial charge in [-0.2, -0.15) is 0 Å². The second-order valence-corrected chi connectivity index (χ2v) is 8.87. The Kier molecular flexibility index (Phi) is 7.77. The van der Waals surface area contributed by atoms with Crippen LogP contribution in [0, 0.1) is 0 Å². The highest BCUT2D eigenvalue weighted by molar-refractivity contribution is 5.94. The van der Waals surface area contributed by atoms with Crippen molar-refractivity contribution in [2.45, 2.75) is 38.0 Å². The van der Waals surface area contributed by atoms with Crippen LogP contribution in [0.15, 0.2) is 54.6 Å². The SMILES string of the molecule is O=C(NCCCN1CCCC1)c1cccc(C2CCCN(C(=O)Nc3ccccc3)C2)c1. The van der Waals surface area contributed by atoms with Gasteiger partial charge in [-0.25, -0.2) is 4.79 Å². The molecule has 0 spiro atoms. The minimum atomic E-state index is -0.0622. The summed E-state index contributed by atoms with van der Waals surface area (Å²) in [5.74, 6) is 0.232. The smallest absolute Gasteiger partial charge is 0.321 e. The Morgan fingerprint density at radius 3 is 2.56 bits per heavy atom. The molecule has 0 bridgehead atoms. The topological polar surface area (TPSA) is 64.7 Å². The van der Waals surface area contributed by atoms with Gasteiger partial charge in [0.1, 0.15) is 0 Å². The van der Waals surface area contributed by atoms with Gasteiger partial charge in [-0.3, -0.25) is 4.79 Å². The van der Waals surface area contributed by atoms with Crippen molar-refractivity contribution in [2.75, 3.05) is 44.6 Å². The zero-order chi connectivity index (χ0) is 22.2. The standard InChI is InChI=1S/C26H34N4O2/c31-25(27-14-8-17-29-15-4-5-16-29)22-10-6-9-21(19-22)23-11-7-18-30(20-23)26(32)28-24-12-2-1-3-13-24/h1-3,6,9-10,12-13,19,23H,4-5,7-8,11,14-18,20H2,(H,27,31)(H,28,32). The molecule has 3 amide bonds. The number of likely N-dealkylation sites (tertiary alicyclic amines) is 2. The second kappa shape index (κ2) is 11.1. The van der Waals surface area contributed by atoms with Crippen molar-refractivity contribution in [3.63, 3.8) is 0 Å². The zero-order valence-corrected chi connectivity index (χ0v) is 18.8. The van der Waals surface area contributed by atoms with E-state index in [4.69, 9.17) is 0 Å². The van der Waals surface area contributed by atoms with Crippen molar-refractivity contribution in [1.82, 2.24) is 15.1 Å². The monoisotopic (exact) mass is 434 g/mol. The number of carbonyl (C=O) groups is 2. The maximum Gasteiger partial charge on any atom is 0.321 e. The van der Waals surface area contributed by atoms with Gasteiger partial charge < -0.3 is 20.4 Å². The third kappa shape index (κ3) is 6.10. The van der Waals surface area contributed by atoms with E-state index >= 15 is 0 Å². The van der Waals surface area contributed by atoms with Gasteiger partial charge in [-0.05, 0) is 81.6 Å². The van der Waals surface area contributed by atoms with E-state index < -0.39 is 0 Å². The van der Waals surface area contributed by atoms with Crippen LogP contribution in [0.3, 0.4) is 0 Å². The van der Waals surface area contributed by atoms with Gasteiger partial charge in [-0.1, -0.05) is 30.3 Å². The van der Waals surface area contributed by atoms with Gasteiger partial charge in [0.15, 0.2) is 0 Å². The third-order valence-electron chi connectivity index (χ3n) is 6.49. The van der Waals surface area contributed by atoms with Gasteiger partial charge in [0.2, 0.25) is 0 Å². The molecule has 32 heavy (non-hydrogen) atoms. The molecule has 2 aliphatic rings. The van der Waals surface area contributed by atoms with Crippen LogP contribution in [0.2, 0.25) is 0 Å². The number of para-hydroxylation sites is 1. The molecule has 0 aromatic heterocycles. The van der Waals surface area contributed by atoms with Gasteiger partial charge >= 0.3 is 6.03 Å². The lowest BCUT2D eigenvalue weighted by atomic mass is 9.89. The number of anilines is 1. The first-order valence-electron chi connectivity index (χ1n) is 11.9. The van der Waals surface area contributed by atoms with Crippen LogP contribution in [0.1, 0.15) is 53.9 Å². The van der Waals surface area contributed by atoms with Gasteiger partial charge in [0.25, 0.3) is 5.91 Å². The van der Waals surface area contributed by atoms with Gasteiger partial charge in [0.05, 0.1) is 0 Å². The van der Waals surface area contributed by atoms with Crippen molar-refractivity contribution in [3.05, 3.63) is 65.7 Å². The van der Waals surface area contributed by atoms with E-state index in [1.54, 1.807) is 0 Å². The molecule has 2 N–H and O–H groups in total. The molecule has 0 radical (unpaired) electrons. The van der Waals surface area contributed by atoms with E-state index in [1.165, 1.54) is 25.9 Å². The number of carbonyl (C=O) groups excluding carboxylic acids is 2. The van der Waals surface area contributed by atoms with Gasteiger partial charge in [0, 0.05) is 36.8 Å². The summed E-state index contributed by atoms with van der Waals surface area (Å²) in [4.78, 5) is 29.7. The number of benzene rings is 2. The lowest BCUT2D eigenvalue weighted by molar-refractivity contribution is 0.0951. The zero-order valence-electron chi connectivity index (χ0n) is 18.8. The van der Waals surface area contributed by atoms with Crippen LogP contribution in [0.4, 0.5) is 10.5 Å². The van der Waals surface area contributed by atoms with Crippen LogP contribution in [0.5, 0.6) is 0 Å². The Labute approximate surface area is 191 Å². The fraction of sp³-hybridized carbons (Fsp3) is 0.462. The average molecular weight is 435 g/mol. The summed E-state index contributed by atoms with van der Waals surface area (Å²) in [6, 6.07) is 17.4. The number of amides is 3. The largest absolute Gasteiger partial charge is 0.352 e. The fourth-order valence-electron chi connectivity index (χ4n) is 4.70. The van der Waals surface area contributed by atoms with Crippen LogP contribution < -0.4 is 10.6 Å². The number of hydrogen-bond donors (Lipinski definition) is 2. The molecule has 2 aromatic rings. The van der Waals surface area contributed by atoms with Crippen molar-refractivity contribution in [2.24, 2.45) is 0 Å². The number of urea groups is 1. The quantitative estimate of drug-likeness (QED) is 0.638. The molecule has 0 saturated carbocycles. The van der Waals surface area contributed by atoms with E-state index in [0.717, 1.165) is 43.6 Å². The van der Waals surface area contributed by atoms with Crippen LogP contribution >= 0.6 is 0 Å². The molecule has 6 nitrogen and oxygen atoms in total. The highest BCUT2D eigenvalue weighted by Gasteiger charge is 2.25. The molecule has 2 saturated heterocycles. The molecule has 0 aliphatic carbocycles. The number of rotatable bonds is 7. The minimum absolute atomic E-state index is 0.0113. The lowest BCUT2D eigenvalue weighted by Gasteiger charge is -2.33. The first-order valence-corrected chi connectivity index (χ1v) is 11.9. The number of nitrogens with one attached hydrogen (secondary N) is 2. The molecule has 170 valence electrons. The highest BCUT2D eigenvalue weighted by Crippen LogP contribution is 2.28. The summed E-state index contributed by atoms with van der Waals surface area (Å²) in [7, 11) is 0. The maximum atomic E-state index is 12.7. The Balaban J connectivity index is 1.29. The Morgan fingerprint density at radius 1 is 0.938 bits per heavy atom. The summed E-state index contributed by atoms with van der Waals surface area (Å²) in [5, 5.41) is 6.05. The van der Waals surface area contributed by atoms with E-state index in [0.29, 0.717) is 18.7 Å². The maximum absolute atomic E-state index is 12.7. The normalized spacial score (nSPS) is 19.0. The molecule has 2 fully saturated rings. The molecular weight excluding hydrogens is 400 g/mol. The molecule has 1 unspecified atom stereocenters. The molecule has 2 aromatic carbocycles. The Bertz CT molecular complexity index is 896. The second-order valence-electron chi connectivity index (χ2n) is 8.87. The third-order valence-corrected chi connectivity index (χ3v) is 6.49. The number of nitrogens with zero attached hydrogens (tertiary/aromatic N) is 2. The number of piperidine rings is 1. The van der Waals surface area contributed by atoms with E-state index in [1.807, 2.05) is 53.4 Å². The highest BCUT2D eigenvalue weighted by atomic mass is 16.2. The molecule has 2 heterocycles. The summed E-state index contributed by atoms with van der Waals surface area (Å²) >= 11 is 0. The van der Waals surface area contributed by atoms with E-state index in [-0.39, 0.29) is 17.9 Å². The molecular formula is C26H34N4O2. The fourth-order valence-corrected chi connectivity index (χ4v) is 4.70. The first kappa shape index (κ1) is 22.3. The summed E-state index contributed by atoms with van der Waals surface area (Å²) in [6.45, 7) is 5.57. The van der Waals surface area contributed by atoms with Crippen molar-refractivity contribution >= 4 is 17.6 Å². The summed E-state index contributed by atoms with van der Waals surface area (Å²) in [5.41, 5.74) is 2.64. The van der Waals surface area contributed by atoms with Crippen LogP contribution in [0.25, 0.3) is 0 Å². The van der Waals surface area contributed by atoms with Crippen molar-refractivity contribution in [3.8, 4) is 0 Å². The lowest BCUT2D eigenvalue weighted by Crippen LogP contribution is -2.41. The predicted molar refractivity (Wildman–Crippen MR) is 128 cm³/mol. The Hall–Kier alpha value is -2.86.